The SMILES string of the molecule is COC(C)c1nc(/C=C\N)ncc1NC(=O)Nc1cc(Cl)cnc1OCCNC(=O)CCOCCN1CCN(c2ccc3c(c2)CN(C2CCC(=O)NC2=O)C3=O)CC1. The van der Waals surface area contributed by atoms with E-state index >= 15 is 0 Å². The molecule has 2 unspecified atom stereocenters. The fraction of sp³-hybridized carbons (Fsp3) is 0.436. The van der Waals surface area contributed by atoms with Gasteiger partial charge in [-0.15, -0.1) is 0 Å². The highest BCUT2D eigenvalue weighted by molar-refractivity contribution is 6.30. The predicted octanol–water partition coefficient (Wildman–Crippen LogP) is 2.29. The van der Waals surface area contributed by atoms with Gasteiger partial charge in [-0.05, 0) is 55.4 Å². The lowest BCUT2D eigenvalue weighted by molar-refractivity contribution is -0.137. The van der Waals surface area contributed by atoms with Crippen LogP contribution in [0, 0.1) is 0 Å². The molecule has 0 bridgehead atoms. The number of aromatic nitrogens is 3. The molecule has 3 aliphatic heterocycles. The van der Waals surface area contributed by atoms with Crippen molar-refractivity contribution in [2.45, 2.75) is 44.9 Å². The van der Waals surface area contributed by atoms with Gasteiger partial charge in [0.15, 0.2) is 5.82 Å². The van der Waals surface area contributed by atoms with Gasteiger partial charge in [0, 0.05) is 76.7 Å². The van der Waals surface area contributed by atoms with Crippen LogP contribution in [-0.4, -0.2) is 127 Å². The van der Waals surface area contributed by atoms with E-state index in [2.05, 4.69) is 46.0 Å². The number of rotatable bonds is 17. The van der Waals surface area contributed by atoms with Gasteiger partial charge < -0.3 is 45.7 Å². The van der Waals surface area contributed by atoms with Crippen molar-refractivity contribution in [1.29, 1.82) is 0 Å². The second kappa shape index (κ2) is 20.2. The van der Waals surface area contributed by atoms with Crippen LogP contribution in [0.15, 0.2) is 42.9 Å². The molecule has 3 aliphatic rings. The molecule has 5 heterocycles. The first-order chi connectivity index (χ1) is 28.5. The maximum absolute atomic E-state index is 13.1. The molecule has 2 saturated heterocycles. The molecule has 6 rings (SSSR count). The highest BCUT2D eigenvalue weighted by Crippen LogP contribution is 2.31. The third-order valence-corrected chi connectivity index (χ3v) is 10.3. The molecule has 6 N–H and O–H groups in total. The van der Waals surface area contributed by atoms with Crippen LogP contribution in [0.1, 0.15) is 59.7 Å². The molecule has 1 aromatic carbocycles. The number of hydrogen-bond acceptors (Lipinski definition) is 14. The Morgan fingerprint density at radius 1 is 1.05 bits per heavy atom. The van der Waals surface area contributed by atoms with Gasteiger partial charge in [0.25, 0.3) is 5.91 Å². The Labute approximate surface area is 346 Å². The van der Waals surface area contributed by atoms with E-state index in [0.29, 0.717) is 42.3 Å². The topological polar surface area (TPSA) is 236 Å². The molecule has 20 heteroatoms. The van der Waals surface area contributed by atoms with Crippen molar-refractivity contribution in [3.63, 3.8) is 0 Å². The van der Waals surface area contributed by atoms with Crippen LogP contribution in [0.3, 0.4) is 0 Å². The Morgan fingerprint density at radius 2 is 1.85 bits per heavy atom. The van der Waals surface area contributed by atoms with Gasteiger partial charge in [0.1, 0.15) is 18.3 Å². The van der Waals surface area contributed by atoms with E-state index in [-0.39, 0.29) is 66.9 Å². The summed E-state index contributed by atoms with van der Waals surface area (Å²) in [4.78, 5) is 81.3. The number of piperazine rings is 1. The van der Waals surface area contributed by atoms with Crippen LogP contribution in [-0.2, 0) is 30.4 Å². The van der Waals surface area contributed by atoms with Crippen molar-refractivity contribution in [1.82, 2.24) is 35.4 Å². The van der Waals surface area contributed by atoms with Gasteiger partial charge >= 0.3 is 6.03 Å². The number of carbonyl (C=O) groups is 5. The van der Waals surface area contributed by atoms with E-state index < -0.39 is 24.1 Å². The Kier molecular flexibility index (Phi) is 14.6. The first-order valence-electron chi connectivity index (χ1n) is 19.3. The summed E-state index contributed by atoms with van der Waals surface area (Å²) in [5.41, 5.74) is 8.95. The number of nitrogens with zero attached hydrogens (tertiary/aromatic N) is 6. The molecule has 59 heavy (non-hydrogen) atoms. The molecular formula is C39H48ClN11O8. The number of fused-ring (bicyclic) bond motifs is 1. The number of nitrogens with two attached hydrogens (primary N) is 1. The number of hydrogen-bond donors (Lipinski definition) is 5. The van der Waals surface area contributed by atoms with E-state index in [1.165, 1.54) is 37.8 Å². The summed E-state index contributed by atoms with van der Waals surface area (Å²) in [6.45, 7) is 7.13. The molecule has 0 radical (unpaired) electrons. The number of ether oxygens (including phenoxy) is 3. The van der Waals surface area contributed by atoms with Crippen molar-refractivity contribution in [2.75, 3.05) is 81.7 Å². The van der Waals surface area contributed by atoms with Crippen molar-refractivity contribution in [2.24, 2.45) is 5.73 Å². The van der Waals surface area contributed by atoms with Crippen molar-refractivity contribution >= 4 is 64.4 Å². The third kappa shape index (κ3) is 11.2. The second-order valence-electron chi connectivity index (χ2n) is 14.0. The van der Waals surface area contributed by atoms with Crippen molar-refractivity contribution in [3.8, 4) is 5.88 Å². The van der Waals surface area contributed by atoms with Crippen LogP contribution < -0.4 is 36.6 Å². The number of anilines is 3. The number of piperidine rings is 1. The smallest absolute Gasteiger partial charge is 0.323 e. The van der Waals surface area contributed by atoms with Crippen LogP contribution in [0.4, 0.5) is 21.9 Å². The van der Waals surface area contributed by atoms with Crippen LogP contribution in [0.25, 0.3) is 6.08 Å². The standard InChI is InChI=1S/C39H48ClN11O8/c1-24(57-2)35-30(22-43-32(47-35)7-9-41)46-39(56)45-29-20-26(40)21-44-37(29)59-17-10-42-33(52)8-16-58-18-15-49-11-13-50(14-12-49)27-3-4-28-25(19-27)23-51(38(28)55)31-5-6-34(53)48-36(31)54/h3-4,7,9,19-22,24,31H,5-6,8,10-18,23,41H2,1-2H3,(H,42,52)(H2,45,46,56)(H,48,53,54)/b9-7-. The normalized spacial score (nSPS) is 17.5. The minimum absolute atomic E-state index is 0.0767. The first kappa shape index (κ1) is 42.7. The lowest BCUT2D eigenvalue weighted by atomic mass is 10.0. The number of methoxy groups -OCH3 is 1. The number of amides is 6. The number of urea groups is 1. The Bertz CT molecular complexity index is 2060. The maximum atomic E-state index is 13.1. The van der Waals surface area contributed by atoms with Crippen molar-refractivity contribution < 1.29 is 38.2 Å². The molecule has 6 amide bonds. The summed E-state index contributed by atoms with van der Waals surface area (Å²) in [7, 11) is 1.52. The number of nitrogens with one attached hydrogen (secondary N) is 4. The summed E-state index contributed by atoms with van der Waals surface area (Å²) in [5, 5.41) is 10.8. The zero-order valence-corrected chi connectivity index (χ0v) is 33.6. The lowest BCUT2D eigenvalue weighted by Gasteiger charge is -2.36. The number of carbonyl (C=O) groups excluding carboxylic acids is 5. The number of benzene rings is 1. The quantitative estimate of drug-likeness (QED) is 0.0970. The maximum Gasteiger partial charge on any atom is 0.323 e. The fourth-order valence-electron chi connectivity index (χ4n) is 6.88. The van der Waals surface area contributed by atoms with Gasteiger partial charge in [-0.1, -0.05) is 11.6 Å². The predicted molar refractivity (Wildman–Crippen MR) is 218 cm³/mol. The van der Waals surface area contributed by atoms with E-state index in [0.717, 1.165) is 44.0 Å². The molecule has 3 aromatic rings. The van der Waals surface area contributed by atoms with Gasteiger partial charge in [0.05, 0.1) is 48.5 Å². The van der Waals surface area contributed by atoms with Crippen LogP contribution >= 0.6 is 11.6 Å². The molecule has 0 saturated carbocycles. The van der Waals surface area contributed by atoms with Gasteiger partial charge in [0.2, 0.25) is 23.6 Å². The average molecular weight is 834 g/mol. The van der Waals surface area contributed by atoms with Crippen LogP contribution in [0.5, 0.6) is 5.88 Å². The molecule has 314 valence electrons. The molecular weight excluding hydrogens is 786 g/mol. The van der Waals surface area contributed by atoms with E-state index in [1.54, 1.807) is 11.8 Å². The van der Waals surface area contributed by atoms with Gasteiger partial charge in [-0.3, -0.25) is 29.4 Å². The van der Waals surface area contributed by atoms with E-state index in [9.17, 15) is 24.0 Å². The number of pyridine rings is 1. The highest BCUT2D eigenvalue weighted by Gasteiger charge is 2.39. The molecule has 2 atom stereocenters. The summed E-state index contributed by atoms with van der Waals surface area (Å²) in [5.74, 6) is -0.638. The van der Waals surface area contributed by atoms with E-state index in [4.69, 9.17) is 31.5 Å². The van der Waals surface area contributed by atoms with Crippen LogP contribution in [0.2, 0.25) is 5.02 Å². The Balaban J connectivity index is 0.858. The average Bonchev–Trinajstić information content (AvgIpc) is 3.55. The second-order valence-corrected chi connectivity index (χ2v) is 14.4. The monoisotopic (exact) mass is 833 g/mol. The largest absolute Gasteiger partial charge is 0.474 e. The summed E-state index contributed by atoms with van der Waals surface area (Å²) >= 11 is 6.15. The Morgan fingerprint density at radius 3 is 2.61 bits per heavy atom. The van der Waals surface area contributed by atoms with E-state index in [1.807, 2.05) is 18.2 Å². The van der Waals surface area contributed by atoms with Gasteiger partial charge in [-0.25, -0.2) is 19.7 Å². The minimum Gasteiger partial charge on any atom is -0.474 e. The molecule has 2 fully saturated rings. The number of imide groups is 1. The minimum atomic E-state index is -0.635. The fourth-order valence-corrected chi connectivity index (χ4v) is 7.03. The molecule has 2 aromatic heterocycles. The highest BCUT2D eigenvalue weighted by atomic mass is 35.5. The molecule has 19 nitrogen and oxygen atoms in total. The number of halogens is 1. The zero-order valence-electron chi connectivity index (χ0n) is 32.9. The zero-order chi connectivity index (χ0) is 41.9. The van der Waals surface area contributed by atoms with Gasteiger partial charge in [-0.2, -0.15) is 0 Å². The summed E-state index contributed by atoms with van der Waals surface area (Å²) in [6.07, 6.45) is 5.94. The first-order valence-corrected chi connectivity index (χ1v) is 19.6. The Hall–Kier alpha value is -5.89. The lowest BCUT2D eigenvalue weighted by Crippen LogP contribution is -2.52. The molecule has 0 aliphatic carbocycles. The molecule has 0 spiro atoms. The summed E-state index contributed by atoms with van der Waals surface area (Å²) < 4.78 is 16.9. The summed E-state index contributed by atoms with van der Waals surface area (Å²) in [6, 6.07) is 6.04. The third-order valence-electron chi connectivity index (χ3n) is 10.1. The van der Waals surface area contributed by atoms with Crippen molar-refractivity contribution in [3.05, 3.63) is 70.5 Å².